The zero-order chi connectivity index (χ0) is 17.1. The van der Waals surface area contributed by atoms with Crippen LogP contribution >= 0.6 is 0 Å². The van der Waals surface area contributed by atoms with Gasteiger partial charge in [0.25, 0.3) is 0 Å². The van der Waals surface area contributed by atoms with E-state index < -0.39 is 0 Å². The van der Waals surface area contributed by atoms with Gasteiger partial charge in [-0.1, -0.05) is 24.3 Å². The highest BCUT2D eigenvalue weighted by Crippen LogP contribution is 2.33. The van der Waals surface area contributed by atoms with Gasteiger partial charge in [-0.15, -0.1) is 0 Å². The Balaban J connectivity index is 2.62. The topological polar surface area (TPSA) is 38.7 Å². The molecule has 0 saturated heterocycles. The molecule has 0 fully saturated rings. The predicted molar refractivity (Wildman–Crippen MR) is 95.6 cm³/mol. The van der Waals surface area contributed by atoms with Gasteiger partial charge in [0.1, 0.15) is 11.4 Å². The number of benzene rings is 1. The minimum absolute atomic E-state index is 0.0991. The van der Waals surface area contributed by atoms with E-state index in [2.05, 4.69) is 6.58 Å². The van der Waals surface area contributed by atoms with Crippen LogP contribution in [0.25, 0.3) is 0 Å². The summed E-state index contributed by atoms with van der Waals surface area (Å²) in [6.07, 6.45) is 0.584. The minimum atomic E-state index is 0.0991. The van der Waals surface area contributed by atoms with Crippen molar-refractivity contribution in [2.75, 3.05) is 7.11 Å². The van der Waals surface area contributed by atoms with Crippen LogP contribution in [0.15, 0.2) is 63.7 Å². The Kier molecular flexibility index (Phi) is 4.99. The Bertz CT molecular complexity index is 764. The third kappa shape index (κ3) is 3.34. The maximum absolute atomic E-state index is 12.6. The van der Waals surface area contributed by atoms with Crippen LogP contribution in [0.4, 0.5) is 5.69 Å². The number of hydrogen-bond acceptors (Lipinski definition) is 3. The molecule has 3 nitrogen and oxygen atoms in total. The van der Waals surface area contributed by atoms with Gasteiger partial charge in [0, 0.05) is 11.1 Å². The van der Waals surface area contributed by atoms with E-state index in [-0.39, 0.29) is 5.78 Å². The van der Waals surface area contributed by atoms with Crippen LogP contribution in [0.3, 0.4) is 0 Å². The van der Waals surface area contributed by atoms with Gasteiger partial charge >= 0.3 is 0 Å². The van der Waals surface area contributed by atoms with E-state index in [1.807, 2.05) is 52.0 Å². The van der Waals surface area contributed by atoms with Gasteiger partial charge in [0.15, 0.2) is 5.78 Å². The number of hydrogen-bond donors (Lipinski definition) is 0. The lowest BCUT2D eigenvalue weighted by Gasteiger charge is -2.22. The lowest BCUT2D eigenvalue weighted by Crippen LogP contribution is -2.21. The number of carbonyl (C=O) groups is 1. The van der Waals surface area contributed by atoms with Crippen LogP contribution in [0.1, 0.15) is 34.1 Å². The fourth-order valence-electron chi connectivity index (χ4n) is 2.69. The molecule has 23 heavy (non-hydrogen) atoms. The van der Waals surface area contributed by atoms with E-state index in [4.69, 9.17) is 9.73 Å². The number of Topliss-reactive ketones (excluding diaryl/α,β-unsaturated/α-hetero) is 1. The summed E-state index contributed by atoms with van der Waals surface area (Å²) >= 11 is 0. The molecule has 0 amide bonds. The lowest BCUT2D eigenvalue weighted by atomic mass is 9.83. The SMILES string of the molecule is C=C(C)CC1=C(C)C(=Nc2ccccc2OC)C(C)=C(C)C1=O. The number of rotatable bonds is 4. The molecule has 3 heteroatoms. The Labute approximate surface area is 138 Å². The molecule has 1 aliphatic carbocycles. The summed E-state index contributed by atoms with van der Waals surface area (Å²) in [6, 6.07) is 7.63. The highest BCUT2D eigenvalue weighted by atomic mass is 16.5. The second kappa shape index (κ2) is 6.78. The summed E-state index contributed by atoms with van der Waals surface area (Å²) in [5.41, 5.74) is 5.96. The molecule has 0 aromatic heterocycles. The van der Waals surface area contributed by atoms with Gasteiger partial charge in [-0.05, 0) is 57.4 Å². The van der Waals surface area contributed by atoms with Gasteiger partial charge < -0.3 is 4.74 Å². The molecular weight excluding hydrogens is 286 g/mol. The third-order valence-corrected chi connectivity index (χ3v) is 4.14. The average Bonchev–Trinajstić information content (AvgIpc) is 2.54. The molecule has 0 N–H and O–H groups in total. The summed E-state index contributed by atoms with van der Waals surface area (Å²) in [7, 11) is 1.63. The largest absolute Gasteiger partial charge is 0.494 e. The van der Waals surface area contributed by atoms with E-state index in [0.29, 0.717) is 6.42 Å². The Morgan fingerprint density at radius 1 is 1.13 bits per heavy atom. The van der Waals surface area contributed by atoms with Crippen molar-refractivity contribution in [1.82, 2.24) is 0 Å². The first kappa shape index (κ1) is 16.9. The molecule has 1 aromatic rings. The van der Waals surface area contributed by atoms with Crippen LogP contribution in [0.2, 0.25) is 0 Å². The fourth-order valence-corrected chi connectivity index (χ4v) is 2.69. The number of allylic oxidation sites excluding steroid dienone is 5. The Morgan fingerprint density at radius 3 is 2.39 bits per heavy atom. The average molecular weight is 309 g/mol. The normalized spacial score (nSPS) is 17.1. The lowest BCUT2D eigenvalue weighted by molar-refractivity contribution is -0.112. The van der Waals surface area contributed by atoms with E-state index in [1.54, 1.807) is 7.11 Å². The van der Waals surface area contributed by atoms with E-state index in [9.17, 15) is 4.79 Å². The van der Waals surface area contributed by atoms with Crippen molar-refractivity contribution < 1.29 is 9.53 Å². The van der Waals surface area contributed by atoms with Crippen LogP contribution < -0.4 is 4.74 Å². The van der Waals surface area contributed by atoms with Crippen molar-refractivity contribution in [1.29, 1.82) is 0 Å². The molecule has 0 atom stereocenters. The van der Waals surface area contributed by atoms with E-state index in [1.165, 1.54) is 0 Å². The molecule has 0 spiro atoms. The summed E-state index contributed by atoms with van der Waals surface area (Å²) in [4.78, 5) is 17.4. The molecule has 0 aliphatic heterocycles. The van der Waals surface area contributed by atoms with Crippen molar-refractivity contribution in [2.24, 2.45) is 4.99 Å². The number of para-hydroxylation sites is 2. The summed E-state index contributed by atoms with van der Waals surface area (Å²) in [5, 5.41) is 0. The zero-order valence-electron chi connectivity index (χ0n) is 14.5. The molecule has 2 rings (SSSR count). The first-order valence-corrected chi connectivity index (χ1v) is 7.65. The van der Waals surface area contributed by atoms with Crippen molar-refractivity contribution in [3.63, 3.8) is 0 Å². The second-order valence-electron chi connectivity index (χ2n) is 5.95. The van der Waals surface area contributed by atoms with Gasteiger partial charge in [-0.3, -0.25) is 4.79 Å². The Morgan fingerprint density at radius 2 is 1.78 bits per heavy atom. The van der Waals surface area contributed by atoms with Crippen molar-refractivity contribution in [3.8, 4) is 5.75 Å². The van der Waals surface area contributed by atoms with Crippen molar-refractivity contribution in [3.05, 3.63) is 58.7 Å². The fraction of sp³-hybridized carbons (Fsp3) is 0.300. The van der Waals surface area contributed by atoms with Gasteiger partial charge in [0.2, 0.25) is 0 Å². The van der Waals surface area contributed by atoms with Crippen LogP contribution in [0, 0.1) is 0 Å². The molecule has 0 radical (unpaired) electrons. The highest BCUT2D eigenvalue weighted by molar-refractivity contribution is 6.27. The number of ether oxygens (including phenoxy) is 1. The van der Waals surface area contributed by atoms with Gasteiger partial charge in [-0.2, -0.15) is 0 Å². The number of carbonyl (C=O) groups excluding carboxylic acids is 1. The number of aliphatic imine (C=N–C) groups is 1. The van der Waals surface area contributed by atoms with Crippen LogP contribution in [-0.2, 0) is 4.79 Å². The molecule has 120 valence electrons. The summed E-state index contributed by atoms with van der Waals surface area (Å²) < 4.78 is 5.38. The molecule has 0 saturated carbocycles. The minimum Gasteiger partial charge on any atom is -0.494 e. The zero-order valence-corrected chi connectivity index (χ0v) is 14.5. The Hall–Kier alpha value is -2.42. The molecule has 0 bridgehead atoms. The van der Waals surface area contributed by atoms with E-state index in [0.717, 1.165) is 45.0 Å². The molecular formula is C20H23NO2. The standard InChI is InChI=1S/C20H23NO2/c1-12(2)11-16-15(5)19(13(3)14(4)20(16)22)21-17-9-7-8-10-18(17)23-6/h7-10H,1,11H2,2-6H3. The van der Waals surface area contributed by atoms with Gasteiger partial charge in [-0.25, -0.2) is 4.99 Å². The van der Waals surface area contributed by atoms with Crippen molar-refractivity contribution in [2.45, 2.75) is 34.1 Å². The summed E-state index contributed by atoms with van der Waals surface area (Å²) in [6.45, 7) is 11.6. The molecule has 1 aromatic carbocycles. The van der Waals surface area contributed by atoms with Crippen LogP contribution in [-0.4, -0.2) is 18.6 Å². The molecule has 1 aliphatic rings. The first-order chi connectivity index (χ1) is 10.9. The number of ketones is 1. The second-order valence-corrected chi connectivity index (χ2v) is 5.95. The number of methoxy groups -OCH3 is 1. The third-order valence-electron chi connectivity index (χ3n) is 4.14. The smallest absolute Gasteiger partial charge is 0.185 e. The summed E-state index contributed by atoms with van der Waals surface area (Å²) in [5.74, 6) is 0.818. The quantitative estimate of drug-likeness (QED) is 0.582. The number of nitrogens with zero attached hydrogens (tertiary/aromatic N) is 1. The first-order valence-electron chi connectivity index (χ1n) is 7.65. The molecule has 0 heterocycles. The highest BCUT2D eigenvalue weighted by Gasteiger charge is 2.26. The maximum atomic E-state index is 12.6. The van der Waals surface area contributed by atoms with E-state index >= 15 is 0 Å². The monoisotopic (exact) mass is 309 g/mol. The molecule has 0 unspecified atom stereocenters. The predicted octanol–water partition coefficient (Wildman–Crippen LogP) is 4.97. The van der Waals surface area contributed by atoms with Crippen molar-refractivity contribution >= 4 is 17.2 Å². The van der Waals surface area contributed by atoms with Crippen LogP contribution in [0.5, 0.6) is 5.75 Å². The van der Waals surface area contributed by atoms with Gasteiger partial charge in [0.05, 0.1) is 12.8 Å². The maximum Gasteiger partial charge on any atom is 0.185 e.